The molecule has 116 valence electrons. The average Bonchev–Trinajstić information content (AvgIpc) is 2.49. The van der Waals surface area contributed by atoms with Gasteiger partial charge in [-0.2, -0.15) is 0 Å². The van der Waals surface area contributed by atoms with E-state index in [0.717, 1.165) is 15.6 Å². The Labute approximate surface area is 137 Å². The van der Waals surface area contributed by atoms with Crippen molar-refractivity contribution in [3.63, 3.8) is 0 Å². The molecule has 1 N–H and O–H groups in total. The van der Waals surface area contributed by atoms with Gasteiger partial charge < -0.3 is 10.1 Å². The highest BCUT2D eigenvalue weighted by Crippen LogP contribution is 2.26. The summed E-state index contributed by atoms with van der Waals surface area (Å²) in [5, 5.41) is 2.77. The van der Waals surface area contributed by atoms with Gasteiger partial charge >= 0.3 is 0 Å². The van der Waals surface area contributed by atoms with Crippen molar-refractivity contribution in [3.8, 4) is 5.75 Å². The molecule has 1 amide bonds. The fourth-order valence-electron chi connectivity index (χ4n) is 1.88. The molecule has 0 aliphatic carbocycles. The minimum absolute atomic E-state index is 0.225. The number of nitrogens with one attached hydrogen (secondary N) is 1. The van der Waals surface area contributed by atoms with E-state index in [4.69, 9.17) is 4.74 Å². The van der Waals surface area contributed by atoms with Gasteiger partial charge in [-0.3, -0.25) is 4.79 Å². The summed E-state index contributed by atoms with van der Waals surface area (Å²) in [6, 6.07) is 11.7. The first-order valence-electron chi connectivity index (χ1n) is 6.90. The van der Waals surface area contributed by atoms with E-state index in [9.17, 15) is 9.18 Å². The first-order valence-corrected chi connectivity index (χ1v) is 7.70. The number of carbonyl (C=O) groups excluding carboxylic acids is 1. The summed E-state index contributed by atoms with van der Waals surface area (Å²) in [5.74, 6) is 0.0998. The Kier molecular flexibility index (Phi) is 5.55. The number of amides is 1. The number of carbonyl (C=O) groups is 1. The first-order chi connectivity index (χ1) is 10.5. The van der Waals surface area contributed by atoms with Crippen molar-refractivity contribution in [1.29, 1.82) is 0 Å². The number of halogens is 2. The summed E-state index contributed by atoms with van der Waals surface area (Å²) in [6.07, 6.45) is -0.626. The molecule has 1 unspecified atom stereocenters. The van der Waals surface area contributed by atoms with Gasteiger partial charge in [0.2, 0.25) is 0 Å². The van der Waals surface area contributed by atoms with Crippen LogP contribution in [0.1, 0.15) is 18.1 Å². The maximum absolute atomic E-state index is 12.8. The molecule has 2 aromatic carbocycles. The van der Waals surface area contributed by atoms with Crippen LogP contribution in [0.2, 0.25) is 0 Å². The Morgan fingerprint density at radius 1 is 1.27 bits per heavy atom. The highest BCUT2D eigenvalue weighted by molar-refractivity contribution is 9.10. The Bertz CT molecular complexity index is 658. The molecular formula is C17H17BrFNO2. The zero-order valence-electron chi connectivity index (χ0n) is 12.4. The van der Waals surface area contributed by atoms with E-state index in [1.165, 1.54) is 12.1 Å². The van der Waals surface area contributed by atoms with Crippen molar-refractivity contribution in [3.05, 3.63) is 63.9 Å². The molecular weight excluding hydrogens is 349 g/mol. The van der Waals surface area contributed by atoms with Crippen molar-refractivity contribution < 1.29 is 13.9 Å². The van der Waals surface area contributed by atoms with Crippen LogP contribution < -0.4 is 10.1 Å². The normalized spacial score (nSPS) is 11.8. The van der Waals surface area contributed by atoms with Gasteiger partial charge in [-0.25, -0.2) is 4.39 Å². The zero-order valence-corrected chi connectivity index (χ0v) is 14.0. The highest BCUT2D eigenvalue weighted by atomic mass is 79.9. The van der Waals surface area contributed by atoms with E-state index in [2.05, 4.69) is 21.2 Å². The third-order valence-corrected chi connectivity index (χ3v) is 3.76. The van der Waals surface area contributed by atoms with E-state index in [0.29, 0.717) is 12.3 Å². The minimum Gasteiger partial charge on any atom is -0.480 e. The van der Waals surface area contributed by atoms with Crippen LogP contribution in [0.3, 0.4) is 0 Å². The smallest absolute Gasteiger partial charge is 0.261 e. The van der Waals surface area contributed by atoms with Crippen LogP contribution in [0.5, 0.6) is 5.75 Å². The number of ether oxygens (including phenoxy) is 1. The van der Waals surface area contributed by atoms with Crippen LogP contribution in [0, 0.1) is 12.7 Å². The van der Waals surface area contributed by atoms with Gasteiger partial charge in [0.25, 0.3) is 5.91 Å². The maximum atomic E-state index is 12.8. The lowest BCUT2D eigenvalue weighted by Gasteiger charge is -2.16. The molecule has 0 saturated carbocycles. The lowest BCUT2D eigenvalue weighted by Crippen LogP contribution is -2.35. The van der Waals surface area contributed by atoms with Crippen molar-refractivity contribution in [2.75, 3.05) is 0 Å². The molecule has 0 radical (unpaired) electrons. The summed E-state index contributed by atoms with van der Waals surface area (Å²) in [4.78, 5) is 12.0. The Morgan fingerprint density at radius 2 is 1.95 bits per heavy atom. The Balaban J connectivity index is 1.90. The van der Waals surface area contributed by atoms with Gasteiger partial charge in [0.1, 0.15) is 11.6 Å². The minimum atomic E-state index is -0.626. The van der Waals surface area contributed by atoms with Gasteiger partial charge in [-0.15, -0.1) is 0 Å². The monoisotopic (exact) mass is 365 g/mol. The molecule has 0 bridgehead atoms. The van der Waals surface area contributed by atoms with Crippen LogP contribution in [-0.2, 0) is 11.3 Å². The number of rotatable bonds is 5. The summed E-state index contributed by atoms with van der Waals surface area (Å²) >= 11 is 3.41. The second-order valence-corrected chi connectivity index (χ2v) is 5.89. The molecule has 0 saturated heterocycles. The predicted octanol–water partition coefficient (Wildman–Crippen LogP) is 3.98. The third kappa shape index (κ3) is 4.56. The number of aryl methyl sites for hydroxylation is 1. The molecule has 5 heteroatoms. The van der Waals surface area contributed by atoms with Crippen LogP contribution in [-0.4, -0.2) is 12.0 Å². The molecule has 1 atom stereocenters. The summed E-state index contributed by atoms with van der Waals surface area (Å²) in [5.41, 5.74) is 1.94. The number of benzene rings is 2. The molecule has 2 aromatic rings. The topological polar surface area (TPSA) is 38.3 Å². The molecule has 22 heavy (non-hydrogen) atoms. The van der Waals surface area contributed by atoms with Crippen LogP contribution >= 0.6 is 15.9 Å². The lowest BCUT2D eigenvalue weighted by atomic mass is 10.2. The molecule has 0 aromatic heterocycles. The molecule has 0 aliphatic heterocycles. The van der Waals surface area contributed by atoms with Gasteiger partial charge in [0.05, 0.1) is 4.47 Å². The first kappa shape index (κ1) is 16.5. The standard InChI is InChI=1S/C17H17BrFNO2/c1-11-3-8-16(15(18)9-11)22-12(2)17(21)20-10-13-4-6-14(19)7-5-13/h3-9,12H,10H2,1-2H3,(H,20,21). The highest BCUT2D eigenvalue weighted by Gasteiger charge is 2.15. The quantitative estimate of drug-likeness (QED) is 0.869. The summed E-state index contributed by atoms with van der Waals surface area (Å²) in [7, 11) is 0. The molecule has 0 heterocycles. The second kappa shape index (κ2) is 7.40. The van der Waals surface area contributed by atoms with E-state index < -0.39 is 6.10 Å². The Morgan fingerprint density at radius 3 is 2.59 bits per heavy atom. The van der Waals surface area contributed by atoms with Crippen LogP contribution in [0.25, 0.3) is 0 Å². The molecule has 2 rings (SSSR count). The molecule has 0 aliphatic rings. The summed E-state index contributed by atoms with van der Waals surface area (Å²) < 4.78 is 19.3. The maximum Gasteiger partial charge on any atom is 0.261 e. The van der Waals surface area contributed by atoms with Crippen LogP contribution in [0.15, 0.2) is 46.9 Å². The second-order valence-electron chi connectivity index (χ2n) is 5.04. The van der Waals surface area contributed by atoms with Crippen molar-refractivity contribution >= 4 is 21.8 Å². The van der Waals surface area contributed by atoms with E-state index >= 15 is 0 Å². The Hall–Kier alpha value is -1.88. The SMILES string of the molecule is Cc1ccc(OC(C)C(=O)NCc2ccc(F)cc2)c(Br)c1. The lowest BCUT2D eigenvalue weighted by molar-refractivity contribution is -0.127. The van der Waals surface area contributed by atoms with Crippen LogP contribution in [0.4, 0.5) is 4.39 Å². The molecule has 0 fully saturated rings. The molecule has 3 nitrogen and oxygen atoms in total. The molecule has 0 spiro atoms. The third-order valence-electron chi connectivity index (χ3n) is 3.14. The van der Waals surface area contributed by atoms with Gasteiger partial charge in [-0.1, -0.05) is 18.2 Å². The van der Waals surface area contributed by atoms with Crippen molar-refractivity contribution in [1.82, 2.24) is 5.32 Å². The van der Waals surface area contributed by atoms with Gasteiger partial charge in [0, 0.05) is 6.54 Å². The summed E-state index contributed by atoms with van der Waals surface area (Å²) in [6.45, 7) is 4.00. The zero-order chi connectivity index (χ0) is 16.1. The van der Waals surface area contributed by atoms with Gasteiger partial charge in [-0.05, 0) is 65.2 Å². The average molecular weight is 366 g/mol. The number of hydrogen-bond acceptors (Lipinski definition) is 2. The van der Waals surface area contributed by atoms with E-state index in [1.54, 1.807) is 19.1 Å². The fourth-order valence-corrected chi connectivity index (χ4v) is 2.47. The van der Waals surface area contributed by atoms with Crippen molar-refractivity contribution in [2.24, 2.45) is 0 Å². The van der Waals surface area contributed by atoms with Gasteiger partial charge in [0.15, 0.2) is 6.10 Å². The van der Waals surface area contributed by atoms with E-state index in [1.807, 2.05) is 25.1 Å². The fraction of sp³-hybridized carbons (Fsp3) is 0.235. The van der Waals surface area contributed by atoms with E-state index in [-0.39, 0.29) is 11.7 Å². The predicted molar refractivity (Wildman–Crippen MR) is 87.2 cm³/mol. The largest absolute Gasteiger partial charge is 0.480 e. The number of hydrogen-bond donors (Lipinski definition) is 1. The van der Waals surface area contributed by atoms with Crippen molar-refractivity contribution in [2.45, 2.75) is 26.5 Å².